The third-order valence-corrected chi connectivity index (χ3v) is 1.50. The van der Waals surface area contributed by atoms with E-state index in [9.17, 15) is 9.90 Å². The van der Waals surface area contributed by atoms with Crippen molar-refractivity contribution in [1.29, 1.82) is 0 Å². The summed E-state index contributed by atoms with van der Waals surface area (Å²) in [7, 11) is 0. The first-order chi connectivity index (χ1) is 5.68. The summed E-state index contributed by atoms with van der Waals surface area (Å²) in [6, 6.07) is 6.89. The maximum atomic E-state index is 10.0. The Morgan fingerprint density at radius 3 is 2.83 bits per heavy atom. The summed E-state index contributed by atoms with van der Waals surface area (Å²) in [4.78, 5) is 10.0. The first-order valence-electron chi connectivity index (χ1n) is 3.33. The maximum absolute atomic E-state index is 10.0. The van der Waals surface area contributed by atoms with Crippen LogP contribution in [0.15, 0.2) is 30.3 Å². The molecule has 1 aromatic rings. The molecule has 2 nitrogen and oxygen atoms in total. The molecule has 0 spiro atoms. The highest BCUT2D eigenvalue weighted by Gasteiger charge is 1.87. The molecule has 0 heterocycles. The van der Waals surface area contributed by atoms with Crippen molar-refractivity contribution in [2.24, 2.45) is 0 Å². The summed E-state index contributed by atoms with van der Waals surface area (Å²) in [5.74, 6) is -1.21. The Morgan fingerprint density at radius 1 is 1.50 bits per heavy atom. The van der Waals surface area contributed by atoms with Gasteiger partial charge in [-0.05, 0) is 23.8 Å². The van der Waals surface area contributed by atoms with Crippen molar-refractivity contribution in [3.8, 4) is 0 Å². The minimum Gasteiger partial charge on any atom is -0.545 e. The highest BCUT2D eigenvalue weighted by Crippen LogP contribution is 2.11. The number of hydrogen-bond donors (Lipinski definition) is 0. The lowest BCUT2D eigenvalue weighted by molar-refractivity contribution is -0.297. The van der Waals surface area contributed by atoms with Crippen molar-refractivity contribution in [2.75, 3.05) is 0 Å². The Bertz CT molecular complexity index is 318. The van der Waals surface area contributed by atoms with Crippen LogP contribution in [0.5, 0.6) is 0 Å². The molecular weight excluding hydrogens is 176 g/mol. The van der Waals surface area contributed by atoms with Gasteiger partial charge in [-0.2, -0.15) is 0 Å². The molecule has 0 aromatic heterocycles. The number of halogens is 1. The summed E-state index contributed by atoms with van der Waals surface area (Å²) in [5, 5.41) is 10.6. The van der Waals surface area contributed by atoms with Gasteiger partial charge in [0.1, 0.15) is 0 Å². The van der Waals surface area contributed by atoms with Gasteiger partial charge in [0.15, 0.2) is 0 Å². The fourth-order valence-corrected chi connectivity index (χ4v) is 0.973. The van der Waals surface area contributed by atoms with E-state index in [1.807, 2.05) is 0 Å². The van der Waals surface area contributed by atoms with E-state index in [2.05, 4.69) is 0 Å². The topological polar surface area (TPSA) is 40.1 Å². The second kappa shape index (κ2) is 3.93. The van der Waals surface area contributed by atoms with Gasteiger partial charge < -0.3 is 9.90 Å². The molecule has 0 saturated heterocycles. The third kappa shape index (κ3) is 2.76. The number of carbonyl (C=O) groups is 1. The van der Waals surface area contributed by atoms with Gasteiger partial charge >= 0.3 is 0 Å². The summed E-state index contributed by atoms with van der Waals surface area (Å²) in [5.41, 5.74) is 0.742. The molecule has 0 aliphatic carbocycles. The van der Waals surface area contributed by atoms with Crippen LogP contribution in [0.4, 0.5) is 0 Å². The van der Waals surface area contributed by atoms with Crippen LogP contribution in [0.3, 0.4) is 0 Å². The van der Waals surface area contributed by atoms with Gasteiger partial charge in [-0.15, -0.1) is 0 Å². The lowest BCUT2D eigenvalue weighted by atomic mass is 10.2. The SMILES string of the molecule is O=C([O-])/C=C\c1cccc(Cl)c1. The highest BCUT2D eigenvalue weighted by molar-refractivity contribution is 6.30. The normalized spacial score (nSPS) is 10.4. The van der Waals surface area contributed by atoms with Crippen LogP contribution in [0.25, 0.3) is 6.08 Å². The fourth-order valence-electron chi connectivity index (χ4n) is 0.775. The summed E-state index contributed by atoms with van der Waals surface area (Å²) in [6.45, 7) is 0. The van der Waals surface area contributed by atoms with Gasteiger partial charge in [0.25, 0.3) is 0 Å². The second-order valence-electron chi connectivity index (χ2n) is 2.21. The van der Waals surface area contributed by atoms with E-state index >= 15 is 0 Å². The largest absolute Gasteiger partial charge is 0.545 e. The van der Waals surface area contributed by atoms with E-state index in [-0.39, 0.29) is 0 Å². The number of rotatable bonds is 2. The standard InChI is InChI=1S/C9H7ClO2/c10-8-3-1-2-7(6-8)4-5-9(11)12/h1-6H,(H,11,12)/p-1/b5-4-. The molecule has 0 radical (unpaired) electrons. The lowest BCUT2D eigenvalue weighted by Crippen LogP contribution is -2.18. The van der Waals surface area contributed by atoms with Crippen molar-refractivity contribution in [1.82, 2.24) is 0 Å². The zero-order valence-electron chi connectivity index (χ0n) is 6.16. The molecule has 0 fully saturated rings. The lowest BCUT2D eigenvalue weighted by Gasteiger charge is -1.94. The van der Waals surface area contributed by atoms with Gasteiger partial charge in [-0.25, -0.2) is 0 Å². The van der Waals surface area contributed by atoms with Crippen molar-refractivity contribution in [3.05, 3.63) is 40.9 Å². The molecule has 0 N–H and O–H groups in total. The molecule has 0 aliphatic heterocycles. The first-order valence-corrected chi connectivity index (χ1v) is 3.71. The average molecular weight is 182 g/mol. The van der Waals surface area contributed by atoms with Gasteiger partial charge in [-0.3, -0.25) is 0 Å². The fraction of sp³-hybridized carbons (Fsp3) is 0. The Balaban J connectivity index is 2.83. The number of carboxylic acid groups (broad SMARTS) is 1. The molecule has 1 aromatic carbocycles. The monoisotopic (exact) mass is 181 g/mol. The van der Waals surface area contributed by atoms with Crippen LogP contribution in [0.1, 0.15) is 5.56 Å². The van der Waals surface area contributed by atoms with E-state index in [1.165, 1.54) is 6.08 Å². The molecule has 0 aliphatic rings. The van der Waals surface area contributed by atoms with Crippen molar-refractivity contribution in [3.63, 3.8) is 0 Å². The van der Waals surface area contributed by atoms with Crippen LogP contribution < -0.4 is 5.11 Å². The van der Waals surface area contributed by atoms with Crippen molar-refractivity contribution >= 4 is 23.6 Å². The van der Waals surface area contributed by atoms with Gasteiger partial charge in [-0.1, -0.05) is 29.8 Å². The highest BCUT2D eigenvalue weighted by atomic mass is 35.5. The summed E-state index contributed by atoms with van der Waals surface area (Å²) >= 11 is 5.66. The van der Waals surface area contributed by atoms with Crippen LogP contribution in [-0.2, 0) is 4.79 Å². The predicted octanol–water partition coefficient (Wildman–Crippen LogP) is 1.10. The van der Waals surface area contributed by atoms with Crippen LogP contribution >= 0.6 is 11.6 Å². The molecule has 0 bridgehead atoms. The zero-order valence-corrected chi connectivity index (χ0v) is 6.91. The van der Waals surface area contributed by atoms with E-state index in [0.29, 0.717) is 5.02 Å². The molecule has 0 amide bonds. The Hall–Kier alpha value is -1.28. The minimum absolute atomic E-state index is 0.579. The van der Waals surface area contributed by atoms with Gasteiger partial charge in [0, 0.05) is 5.02 Å². The predicted molar refractivity (Wildman–Crippen MR) is 45.5 cm³/mol. The smallest absolute Gasteiger partial charge is 0.0643 e. The number of benzene rings is 1. The molecular formula is C9H6ClO2-. The van der Waals surface area contributed by atoms with E-state index < -0.39 is 5.97 Å². The second-order valence-corrected chi connectivity index (χ2v) is 2.64. The number of carbonyl (C=O) groups excluding carboxylic acids is 1. The number of hydrogen-bond acceptors (Lipinski definition) is 2. The quantitative estimate of drug-likeness (QED) is 0.642. The van der Waals surface area contributed by atoms with E-state index in [4.69, 9.17) is 11.6 Å². The molecule has 0 saturated carbocycles. The average Bonchev–Trinajstić information content (AvgIpc) is 2.01. The maximum Gasteiger partial charge on any atom is 0.0643 e. The Labute approximate surface area is 75.1 Å². The summed E-state index contributed by atoms with van der Waals surface area (Å²) in [6.07, 6.45) is 2.40. The number of aliphatic carboxylic acids is 1. The number of carboxylic acids is 1. The Morgan fingerprint density at radius 2 is 2.25 bits per heavy atom. The molecule has 1 rings (SSSR count). The zero-order chi connectivity index (χ0) is 8.97. The van der Waals surface area contributed by atoms with Crippen molar-refractivity contribution in [2.45, 2.75) is 0 Å². The molecule has 62 valence electrons. The first kappa shape index (κ1) is 8.81. The van der Waals surface area contributed by atoms with E-state index in [0.717, 1.165) is 11.6 Å². The molecule has 0 atom stereocenters. The third-order valence-electron chi connectivity index (χ3n) is 1.26. The van der Waals surface area contributed by atoms with Gasteiger partial charge in [0.2, 0.25) is 0 Å². The molecule has 3 heteroatoms. The molecule has 12 heavy (non-hydrogen) atoms. The van der Waals surface area contributed by atoms with Crippen LogP contribution in [0.2, 0.25) is 5.02 Å². The van der Waals surface area contributed by atoms with Crippen molar-refractivity contribution < 1.29 is 9.90 Å². The minimum atomic E-state index is -1.21. The Kier molecular flexibility index (Phi) is 2.88. The van der Waals surface area contributed by atoms with Crippen LogP contribution in [-0.4, -0.2) is 5.97 Å². The summed E-state index contributed by atoms with van der Waals surface area (Å²) < 4.78 is 0. The van der Waals surface area contributed by atoms with E-state index in [1.54, 1.807) is 24.3 Å². The van der Waals surface area contributed by atoms with Crippen LogP contribution in [0, 0.1) is 0 Å². The molecule has 0 unspecified atom stereocenters. The van der Waals surface area contributed by atoms with Gasteiger partial charge in [0.05, 0.1) is 5.97 Å².